The number of hydrogen-bond donors (Lipinski definition) is 3. The Morgan fingerprint density at radius 1 is 1.38 bits per heavy atom. The third-order valence-electron chi connectivity index (χ3n) is 1.88. The Labute approximate surface area is 92.3 Å². The van der Waals surface area contributed by atoms with Crippen LogP contribution in [0.1, 0.15) is 6.92 Å². The number of phenolic OH excluding ortho intramolecular Hbond substituents is 2. The first kappa shape index (κ1) is 11.9. The molecule has 0 fully saturated rings. The number of benzene rings is 1. The molecule has 3 N–H and O–H groups in total. The number of H-pyrrole nitrogens is 1. The molecule has 1 aromatic carbocycles. The lowest BCUT2D eigenvalue weighted by molar-refractivity contribution is -0.128. The van der Waals surface area contributed by atoms with Crippen LogP contribution in [0.5, 0.6) is 11.5 Å². The van der Waals surface area contributed by atoms with Gasteiger partial charge in [0.05, 0.1) is 6.61 Å². The lowest BCUT2D eigenvalue weighted by Gasteiger charge is -1.95. The number of aromatic nitrogens is 1. The molecule has 2 rings (SSSR count). The monoisotopic (exact) mass is 223 g/mol. The summed E-state index contributed by atoms with van der Waals surface area (Å²) in [6, 6.07) is 4.83. The molecule has 2 aromatic rings. The van der Waals surface area contributed by atoms with E-state index < -0.39 is 0 Å². The summed E-state index contributed by atoms with van der Waals surface area (Å²) in [6.07, 6.45) is 1.75. The lowest BCUT2D eigenvalue weighted by atomic mass is 10.2. The summed E-state index contributed by atoms with van der Waals surface area (Å²) in [5.74, 6) is -0.183. The van der Waals surface area contributed by atoms with Crippen molar-refractivity contribution >= 4 is 17.4 Å². The number of phenols is 2. The summed E-state index contributed by atoms with van der Waals surface area (Å²) in [7, 11) is 0. The first-order valence-electron chi connectivity index (χ1n) is 4.73. The van der Waals surface area contributed by atoms with Crippen molar-refractivity contribution < 1.29 is 19.7 Å². The van der Waals surface area contributed by atoms with Crippen LogP contribution >= 0.6 is 0 Å². The SMILES string of the molecule is CCOC=O.Oc1cc2cc[nH]c2cc1O. The molecule has 0 aliphatic rings. The number of aromatic amines is 1. The molecule has 1 heterocycles. The number of ether oxygens (including phenoxy) is 1. The van der Waals surface area contributed by atoms with E-state index in [9.17, 15) is 4.79 Å². The summed E-state index contributed by atoms with van der Waals surface area (Å²) in [4.78, 5) is 12.1. The zero-order valence-corrected chi connectivity index (χ0v) is 8.80. The third-order valence-corrected chi connectivity index (χ3v) is 1.88. The standard InChI is InChI=1S/C8H7NO2.C3H6O2/c10-7-3-5-1-2-9-6(5)4-8(7)11;1-2-5-3-4/h1-4,9-11H;3H,2H2,1H3. The van der Waals surface area contributed by atoms with Gasteiger partial charge >= 0.3 is 0 Å². The third kappa shape index (κ3) is 2.91. The molecule has 1 aromatic heterocycles. The van der Waals surface area contributed by atoms with Crippen LogP contribution in [0.2, 0.25) is 0 Å². The summed E-state index contributed by atoms with van der Waals surface area (Å²) < 4.78 is 4.15. The van der Waals surface area contributed by atoms with Crippen LogP contribution in [0.15, 0.2) is 24.4 Å². The molecule has 0 radical (unpaired) electrons. The Balaban J connectivity index is 0.000000221. The minimum atomic E-state index is -0.0973. The number of hydrogen-bond acceptors (Lipinski definition) is 4. The van der Waals surface area contributed by atoms with Crippen molar-refractivity contribution in [2.75, 3.05) is 6.61 Å². The molecule has 0 saturated carbocycles. The number of fused-ring (bicyclic) bond motifs is 1. The van der Waals surface area contributed by atoms with E-state index in [-0.39, 0.29) is 11.5 Å². The normalized spacial score (nSPS) is 9.31. The van der Waals surface area contributed by atoms with Crippen LogP contribution < -0.4 is 0 Å². The minimum Gasteiger partial charge on any atom is -0.504 e. The number of nitrogens with one attached hydrogen (secondary N) is 1. The zero-order valence-electron chi connectivity index (χ0n) is 8.80. The smallest absolute Gasteiger partial charge is 0.293 e. The summed E-state index contributed by atoms with van der Waals surface area (Å²) in [5.41, 5.74) is 0.820. The Morgan fingerprint density at radius 2 is 2.06 bits per heavy atom. The highest BCUT2D eigenvalue weighted by atomic mass is 16.5. The van der Waals surface area contributed by atoms with Crippen LogP contribution in [-0.2, 0) is 9.53 Å². The van der Waals surface area contributed by atoms with Crippen molar-refractivity contribution in [3.05, 3.63) is 24.4 Å². The molecule has 0 unspecified atom stereocenters. The van der Waals surface area contributed by atoms with E-state index >= 15 is 0 Å². The maximum Gasteiger partial charge on any atom is 0.293 e. The molecule has 0 amide bonds. The molecule has 86 valence electrons. The van der Waals surface area contributed by atoms with E-state index in [0.29, 0.717) is 13.1 Å². The van der Waals surface area contributed by atoms with Gasteiger partial charge in [0.15, 0.2) is 11.5 Å². The molecule has 16 heavy (non-hydrogen) atoms. The van der Waals surface area contributed by atoms with Crippen LogP contribution in [-0.4, -0.2) is 28.3 Å². The van der Waals surface area contributed by atoms with Crippen molar-refractivity contribution in [3.63, 3.8) is 0 Å². The van der Waals surface area contributed by atoms with E-state index in [4.69, 9.17) is 10.2 Å². The molecule has 0 aliphatic heterocycles. The van der Waals surface area contributed by atoms with Crippen LogP contribution in [0.25, 0.3) is 10.9 Å². The molecular formula is C11H13NO4. The highest BCUT2D eigenvalue weighted by Crippen LogP contribution is 2.28. The van der Waals surface area contributed by atoms with Gasteiger partial charge in [-0.1, -0.05) is 0 Å². The Kier molecular flexibility index (Phi) is 4.20. The quantitative estimate of drug-likeness (QED) is 0.535. The van der Waals surface area contributed by atoms with Gasteiger partial charge in [0.2, 0.25) is 0 Å². The largest absolute Gasteiger partial charge is 0.504 e. The Bertz CT molecular complexity index is 428. The van der Waals surface area contributed by atoms with Crippen LogP contribution in [0, 0.1) is 0 Å². The average molecular weight is 223 g/mol. The van der Waals surface area contributed by atoms with Crippen LogP contribution in [0.3, 0.4) is 0 Å². The van der Waals surface area contributed by atoms with Crippen molar-refractivity contribution in [1.82, 2.24) is 4.98 Å². The average Bonchev–Trinajstić information content (AvgIpc) is 2.68. The molecule has 0 atom stereocenters. The minimum absolute atomic E-state index is 0.0860. The van der Waals surface area contributed by atoms with Crippen molar-refractivity contribution in [2.45, 2.75) is 6.92 Å². The molecular weight excluding hydrogens is 210 g/mol. The number of carbonyl (C=O) groups is 1. The first-order valence-corrected chi connectivity index (χ1v) is 4.73. The Morgan fingerprint density at radius 3 is 2.62 bits per heavy atom. The molecule has 0 saturated heterocycles. The fourth-order valence-electron chi connectivity index (χ4n) is 1.15. The number of rotatable bonds is 2. The van der Waals surface area contributed by atoms with E-state index in [1.165, 1.54) is 12.1 Å². The fourth-order valence-corrected chi connectivity index (χ4v) is 1.15. The maximum absolute atomic E-state index is 9.18. The highest BCUT2D eigenvalue weighted by molar-refractivity contribution is 5.82. The van der Waals surface area contributed by atoms with Gasteiger partial charge in [-0.2, -0.15) is 0 Å². The van der Waals surface area contributed by atoms with E-state index in [2.05, 4.69) is 9.72 Å². The predicted octanol–water partition coefficient (Wildman–Crippen LogP) is 1.76. The topological polar surface area (TPSA) is 82.5 Å². The second-order valence-corrected chi connectivity index (χ2v) is 2.96. The summed E-state index contributed by atoms with van der Waals surface area (Å²) >= 11 is 0. The zero-order chi connectivity index (χ0) is 12.0. The lowest BCUT2D eigenvalue weighted by Crippen LogP contribution is -1.80. The van der Waals surface area contributed by atoms with E-state index in [0.717, 1.165) is 10.9 Å². The second-order valence-electron chi connectivity index (χ2n) is 2.96. The Hall–Kier alpha value is -2.17. The molecule has 5 heteroatoms. The van der Waals surface area contributed by atoms with Gasteiger partial charge < -0.3 is 19.9 Å². The second kappa shape index (κ2) is 5.65. The van der Waals surface area contributed by atoms with Gasteiger partial charge in [0, 0.05) is 23.2 Å². The molecule has 0 aliphatic carbocycles. The van der Waals surface area contributed by atoms with E-state index in [1.807, 2.05) is 6.07 Å². The van der Waals surface area contributed by atoms with Gasteiger partial charge in [-0.05, 0) is 19.1 Å². The van der Waals surface area contributed by atoms with Crippen molar-refractivity contribution in [1.29, 1.82) is 0 Å². The summed E-state index contributed by atoms with van der Waals surface area (Å²) in [6.45, 7) is 2.66. The van der Waals surface area contributed by atoms with Crippen LogP contribution in [0.4, 0.5) is 0 Å². The highest BCUT2D eigenvalue weighted by Gasteiger charge is 2.01. The van der Waals surface area contributed by atoms with Gasteiger partial charge in [0.1, 0.15) is 0 Å². The maximum atomic E-state index is 9.18. The molecule has 5 nitrogen and oxygen atoms in total. The number of aromatic hydroxyl groups is 2. The van der Waals surface area contributed by atoms with Gasteiger partial charge in [-0.25, -0.2) is 0 Å². The molecule has 0 bridgehead atoms. The van der Waals surface area contributed by atoms with Gasteiger partial charge in [-0.15, -0.1) is 0 Å². The number of carbonyl (C=O) groups excluding carboxylic acids is 1. The van der Waals surface area contributed by atoms with E-state index in [1.54, 1.807) is 13.1 Å². The molecule has 0 spiro atoms. The first-order chi connectivity index (χ1) is 7.69. The van der Waals surface area contributed by atoms with Crippen molar-refractivity contribution in [2.24, 2.45) is 0 Å². The summed E-state index contributed by atoms with van der Waals surface area (Å²) in [5, 5.41) is 19.0. The predicted molar refractivity (Wildman–Crippen MR) is 59.3 cm³/mol. The fraction of sp³-hybridized carbons (Fsp3) is 0.182. The van der Waals surface area contributed by atoms with Gasteiger partial charge in [0.25, 0.3) is 6.47 Å². The van der Waals surface area contributed by atoms with Gasteiger partial charge in [-0.3, -0.25) is 4.79 Å². The van der Waals surface area contributed by atoms with Crippen molar-refractivity contribution in [3.8, 4) is 11.5 Å².